The summed E-state index contributed by atoms with van der Waals surface area (Å²) >= 11 is 0. The number of fused-ring (bicyclic) bond motifs is 1. The Hall–Kier alpha value is -2.76. The Balaban J connectivity index is 1.98. The van der Waals surface area contributed by atoms with Crippen molar-refractivity contribution in [3.63, 3.8) is 0 Å². The highest BCUT2D eigenvalue weighted by atomic mass is 16.5. The lowest BCUT2D eigenvalue weighted by atomic mass is 10.0. The molecule has 1 amide bonds. The van der Waals surface area contributed by atoms with Gasteiger partial charge in [-0.05, 0) is 24.5 Å². The Morgan fingerprint density at radius 1 is 1.41 bits per heavy atom. The van der Waals surface area contributed by atoms with Crippen molar-refractivity contribution >= 4 is 23.0 Å². The van der Waals surface area contributed by atoms with Gasteiger partial charge in [-0.1, -0.05) is 30.9 Å². The highest BCUT2D eigenvalue weighted by molar-refractivity contribution is 5.83. The Morgan fingerprint density at radius 2 is 2.18 bits per heavy atom. The Morgan fingerprint density at radius 3 is 2.91 bits per heavy atom. The summed E-state index contributed by atoms with van der Waals surface area (Å²) in [5, 5.41) is 12.6. The minimum absolute atomic E-state index is 0.0423. The van der Waals surface area contributed by atoms with E-state index in [9.17, 15) is 14.7 Å². The third-order valence-electron chi connectivity index (χ3n) is 3.30. The maximum Gasteiger partial charge on any atom is 0.408 e. The molecule has 0 bridgehead atoms. The minimum atomic E-state index is -1.09. The van der Waals surface area contributed by atoms with Crippen LogP contribution in [0.4, 0.5) is 4.79 Å². The van der Waals surface area contributed by atoms with Gasteiger partial charge in [0.2, 0.25) is 0 Å². The molecule has 1 unspecified atom stereocenters. The van der Waals surface area contributed by atoms with Gasteiger partial charge < -0.3 is 20.1 Å². The average molecular weight is 302 g/mol. The number of para-hydroxylation sites is 1. The second-order valence-corrected chi connectivity index (χ2v) is 4.82. The molecule has 0 aliphatic rings. The van der Waals surface area contributed by atoms with E-state index < -0.39 is 18.1 Å². The number of aromatic amines is 1. The normalized spacial score (nSPS) is 11.8. The lowest BCUT2D eigenvalue weighted by Gasteiger charge is -2.13. The molecule has 0 saturated heterocycles. The van der Waals surface area contributed by atoms with E-state index in [-0.39, 0.29) is 13.0 Å². The van der Waals surface area contributed by atoms with Crippen LogP contribution in [-0.4, -0.2) is 34.8 Å². The first-order valence-corrected chi connectivity index (χ1v) is 6.94. The summed E-state index contributed by atoms with van der Waals surface area (Å²) < 4.78 is 4.74. The number of benzene rings is 1. The number of hydrogen-bond donors (Lipinski definition) is 3. The van der Waals surface area contributed by atoms with Crippen molar-refractivity contribution in [2.24, 2.45) is 0 Å². The maximum atomic E-state index is 11.4. The number of carboxylic acids is 1. The molecule has 1 aromatic carbocycles. The highest BCUT2D eigenvalue weighted by Crippen LogP contribution is 2.19. The average Bonchev–Trinajstić information content (AvgIpc) is 2.92. The molecule has 0 saturated carbocycles. The molecule has 6 heteroatoms. The quantitative estimate of drug-likeness (QED) is 0.685. The molecule has 2 aromatic rings. The molecule has 1 atom stereocenters. The van der Waals surface area contributed by atoms with Crippen LogP contribution in [-0.2, 0) is 16.0 Å². The van der Waals surface area contributed by atoms with Gasteiger partial charge in [-0.3, -0.25) is 0 Å². The minimum Gasteiger partial charge on any atom is -0.480 e. The van der Waals surface area contributed by atoms with Crippen molar-refractivity contribution in [2.45, 2.75) is 18.9 Å². The zero-order valence-corrected chi connectivity index (χ0v) is 12.0. The van der Waals surface area contributed by atoms with Crippen LogP contribution in [0.2, 0.25) is 0 Å². The predicted molar refractivity (Wildman–Crippen MR) is 82.7 cm³/mol. The molecular weight excluding hydrogens is 284 g/mol. The summed E-state index contributed by atoms with van der Waals surface area (Å²) in [4.78, 5) is 25.8. The number of aryl methyl sites for hydroxylation is 1. The molecule has 2 rings (SSSR count). The Bertz CT molecular complexity index is 678. The summed E-state index contributed by atoms with van der Waals surface area (Å²) in [6.07, 6.45) is 3.33. The van der Waals surface area contributed by atoms with E-state index in [1.165, 1.54) is 6.08 Å². The standard InChI is InChI=1S/C16H18N2O4/c1-2-9-22-16(21)18-14(15(19)20)8-7-11-10-17-13-6-4-3-5-12(11)13/h2-6,10,14,17H,1,7-9H2,(H,18,21)(H,19,20). The van der Waals surface area contributed by atoms with Crippen LogP contribution in [0.3, 0.4) is 0 Å². The van der Waals surface area contributed by atoms with E-state index in [1.807, 2.05) is 30.5 Å². The van der Waals surface area contributed by atoms with Gasteiger partial charge in [-0.25, -0.2) is 9.59 Å². The molecule has 22 heavy (non-hydrogen) atoms. The highest BCUT2D eigenvalue weighted by Gasteiger charge is 2.20. The molecule has 1 aromatic heterocycles. The van der Waals surface area contributed by atoms with Gasteiger partial charge in [0.25, 0.3) is 0 Å². The number of carbonyl (C=O) groups excluding carboxylic acids is 1. The molecule has 6 nitrogen and oxygen atoms in total. The fourth-order valence-electron chi connectivity index (χ4n) is 2.21. The van der Waals surface area contributed by atoms with Crippen molar-refractivity contribution in [3.05, 3.63) is 48.7 Å². The first kappa shape index (κ1) is 15.6. The largest absolute Gasteiger partial charge is 0.480 e. The number of aliphatic carboxylic acids is 1. The summed E-state index contributed by atoms with van der Waals surface area (Å²) in [6.45, 7) is 3.46. The van der Waals surface area contributed by atoms with Crippen LogP contribution in [0.1, 0.15) is 12.0 Å². The van der Waals surface area contributed by atoms with Crippen LogP contribution in [0.25, 0.3) is 10.9 Å². The second-order valence-electron chi connectivity index (χ2n) is 4.82. The van der Waals surface area contributed by atoms with Gasteiger partial charge >= 0.3 is 12.1 Å². The number of aromatic nitrogens is 1. The van der Waals surface area contributed by atoms with Crippen molar-refractivity contribution in [3.8, 4) is 0 Å². The zero-order chi connectivity index (χ0) is 15.9. The molecule has 0 spiro atoms. The van der Waals surface area contributed by atoms with E-state index >= 15 is 0 Å². The zero-order valence-electron chi connectivity index (χ0n) is 12.0. The van der Waals surface area contributed by atoms with Crippen LogP contribution in [0, 0.1) is 0 Å². The summed E-state index contributed by atoms with van der Waals surface area (Å²) in [5.41, 5.74) is 2.02. The van der Waals surface area contributed by atoms with Crippen LogP contribution in [0.15, 0.2) is 43.1 Å². The van der Waals surface area contributed by atoms with Crippen molar-refractivity contribution in [1.29, 1.82) is 0 Å². The molecule has 0 radical (unpaired) electrons. The molecular formula is C16H18N2O4. The predicted octanol–water partition coefficient (Wildman–Crippen LogP) is 2.47. The van der Waals surface area contributed by atoms with Gasteiger partial charge in [0.05, 0.1) is 0 Å². The van der Waals surface area contributed by atoms with Crippen molar-refractivity contribution < 1.29 is 19.4 Å². The van der Waals surface area contributed by atoms with Gasteiger partial charge in [0, 0.05) is 17.1 Å². The van der Waals surface area contributed by atoms with Crippen LogP contribution < -0.4 is 5.32 Å². The number of ether oxygens (including phenoxy) is 1. The SMILES string of the molecule is C=CCOC(=O)NC(CCc1c[nH]c2ccccc12)C(=O)O. The van der Waals surface area contributed by atoms with Gasteiger partial charge in [-0.2, -0.15) is 0 Å². The lowest BCUT2D eigenvalue weighted by Crippen LogP contribution is -2.41. The van der Waals surface area contributed by atoms with Gasteiger partial charge in [0.1, 0.15) is 12.6 Å². The number of hydrogen-bond acceptors (Lipinski definition) is 3. The molecule has 0 fully saturated rings. The summed E-state index contributed by atoms with van der Waals surface area (Å²) in [5.74, 6) is -1.09. The first-order chi connectivity index (χ1) is 10.6. The lowest BCUT2D eigenvalue weighted by molar-refractivity contribution is -0.139. The number of amides is 1. The van der Waals surface area contributed by atoms with Crippen molar-refractivity contribution in [1.82, 2.24) is 10.3 Å². The number of carboxylic acid groups (broad SMARTS) is 1. The topological polar surface area (TPSA) is 91.4 Å². The van der Waals surface area contributed by atoms with Crippen LogP contribution in [0.5, 0.6) is 0 Å². The van der Waals surface area contributed by atoms with Crippen molar-refractivity contribution in [2.75, 3.05) is 6.61 Å². The fourth-order valence-corrected chi connectivity index (χ4v) is 2.21. The van der Waals surface area contributed by atoms with Gasteiger partial charge in [0.15, 0.2) is 0 Å². The fraction of sp³-hybridized carbons (Fsp3) is 0.250. The number of carbonyl (C=O) groups is 2. The number of nitrogens with one attached hydrogen (secondary N) is 2. The van der Waals surface area contributed by atoms with E-state index in [4.69, 9.17) is 4.74 Å². The van der Waals surface area contributed by atoms with E-state index in [0.29, 0.717) is 6.42 Å². The van der Waals surface area contributed by atoms with Crippen LogP contribution >= 0.6 is 0 Å². The third kappa shape index (κ3) is 3.88. The second kappa shape index (κ2) is 7.31. The summed E-state index contributed by atoms with van der Waals surface area (Å²) in [6, 6.07) is 6.80. The van der Waals surface area contributed by atoms with E-state index in [2.05, 4.69) is 16.9 Å². The number of H-pyrrole nitrogens is 1. The molecule has 1 heterocycles. The van der Waals surface area contributed by atoms with Gasteiger partial charge in [-0.15, -0.1) is 0 Å². The smallest absolute Gasteiger partial charge is 0.408 e. The Labute approximate surface area is 127 Å². The Kier molecular flexibility index (Phi) is 5.19. The molecule has 0 aliphatic heterocycles. The number of alkyl carbamates (subject to hydrolysis) is 1. The molecule has 3 N–H and O–H groups in total. The van der Waals surface area contributed by atoms with E-state index in [1.54, 1.807) is 0 Å². The van der Waals surface area contributed by atoms with E-state index in [0.717, 1.165) is 16.5 Å². The summed E-state index contributed by atoms with van der Waals surface area (Å²) in [7, 11) is 0. The third-order valence-corrected chi connectivity index (χ3v) is 3.30. The molecule has 116 valence electrons. The first-order valence-electron chi connectivity index (χ1n) is 6.94. The molecule has 0 aliphatic carbocycles. The monoisotopic (exact) mass is 302 g/mol. The number of rotatable bonds is 7. The maximum absolute atomic E-state index is 11.4.